The largest absolute Gasteiger partial charge is 0.457 e. The molecule has 32 heavy (non-hydrogen) atoms. The maximum Gasteiger partial charge on any atom is 0.165 e. The lowest BCUT2D eigenvalue weighted by Crippen LogP contribution is -2.37. The third-order valence-corrected chi connectivity index (χ3v) is 5.61. The van der Waals surface area contributed by atoms with Gasteiger partial charge in [0.25, 0.3) is 0 Å². The molecule has 0 saturated carbocycles. The van der Waals surface area contributed by atoms with Crippen LogP contribution >= 0.6 is 0 Å². The minimum absolute atomic E-state index is 0.798. The fourth-order valence-corrected chi connectivity index (χ4v) is 3.90. The zero-order chi connectivity index (χ0) is 21.6. The van der Waals surface area contributed by atoms with Crippen LogP contribution in [0.15, 0.2) is 73.1 Å². The van der Waals surface area contributed by atoms with Crippen molar-refractivity contribution in [1.82, 2.24) is 19.5 Å². The van der Waals surface area contributed by atoms with Gasteiger partial charge in [-0.2, -0.15) is 9.61 Å². The number of aromatic nitrogens is 3. The van der Waals surface area contributed by atoms with Crippen LogP contribution in [0.1, 0.15) is 6.42 Å². The Morgan fingerprint density at radius 2 is 1.72 bits per heavy atom. The Morgan fingerprint density at radius 3 is 2.53 bits per heavy atom. The molecule has 0 spiro atoms. The molecule has 2 aromatic carbocycles. The molecule has 0 unspecified atom stereocenters. The van der Waals surface area contributed by atoms with E-state index < -0.39 is 0 Å². The zero-order valence-corrected chi connectivity index (χ0v) is 18.0. The zero-order valence-electron chi connectivity index (χ0n) is 18.0. The van der Waals surface area contributed by atoms with Gasteiger partial charge in [0.1, 0.15) is 17.3 Å². The second-order valence-electron chi connectivity index (χ2n) is 7.80. The van der Waals surface area contributed by atoms with Crippen LogP contribution in [0.2, 0.25) is 0 Å². The summed E-state index contributed by atoms with van der Waals surface area (Å²) >= 11 is 0. The van der Waals surface area contributed by atoms with Crippen molar-refractivity contribution < 1.29 is 9.47 Å². The number of morpholine rings is 1. The van der Waals surface area contributed by atoms with E-state index in [2.05, 4.69) is 20.3 Å². The maximum absolute atomic E-state index is 5.90. The summed E-state index contributed by atoms with van der Waals surface area (Å²) in [5, 5.41) is 8.10. The van der Waals surface area contributed by atoms with Gasteiger partial charge in [0.2, 0.25) is 0 Å². The Bertz CT molecular complexity index is 1140. The first-order valence-electron chi connectivity index (χ1n) is 11.1. The molecule has 0 bridgehead atoms. The highest BCUT2D eigenvalue weighted by Gasteiger charge is 2.12. The summed E-state index contributed by atoms with van der Waals surface area (Å²) in [6, 6.07) is 19.8. The summed E-state index contributed by atoms with van der Waals surface area (Å²) in [7, 11) is 0. The van der Waals surface area contributed by atoms with Gasteiger partial charge in [-0.15, -0.1) is 0 Å². The third kappa shape index (κ3) is 4.74. The summed E-state index contributed by atoms with van der Waals surface area (Å²) in [6.45, 7) is 5.69. The number of nitrogens with zero attached hydrogens (tertiary/aromatic N) is 4. The topological polar surface area (TPSA) is 63.9 Å². The SMILES string of the molecule is c1ccc(Oc2ccc(-c3cnn4c(NCCCN5CCOCC5)ccnc34)cc2)cc1. The van der Waals surface area contributed by atoms with E-state index in [0.29, 0.717) is 0 Å². The van der Waals surface area contributed by atoms with Crippen molar-refractivity contribution in [1.29, 1.82) is 0 Å². The monoisotopic (exact) mass is 429 g/mol. The standard InChI is InChI=1S/C25H27N5O2/c1-2-5-21(6-3-1)32-22-9-7-20(8-10-22)23-19-28-30-24(11-13-27-25(23)30)26-12-4-14-29-15-17-31-18-16-29/h1-3,5-11,13,19,26H,4,12,14-18H2. The molecule has 7 heteroatoms. The first kappa shape index (κ1) is 20.5. The fraction of sp³-hybridized carbons (Fsp3) is 0.280. The quantitative estimate of drug-likeness (QED) is 0.421. The number of fused-ring (bicyclic) bond motifs is 1. The molecule has 2 aromatic heterocycles. The van der Waals surface area contributed by atoms with Crippen molar-refractivity contribution in [2.75, 3.05) is 44.7 Å². The van der Waals surface area contributed by atoms with E-state index in [1.165, 1.54) is 0 Å². The summed E-state index contributed by atoms with van der Waals surface area (Å²) < 4.78 is 13.2. The lowest BCUT2D eigenvalue weighted by atomic mass is 10.1. The maximum atomic E-state index is 5.90. The fourth-order valence-electron chi connectivity index (χ4n) is 3.90. The Morgan fingerprint density at radius 1 is 0.938 bits per heavy atom. The van der Waals surface area contributed by atoms with Crippen molar-refractivity contribution in [2.24, 2.45) is 0 Å². The molecule has 1 saturated heterocycles. The Balaban J connectivity index is 1.25. The number of nitrogens with one attached hydrogen (secondary N) is 1. The predicted octanol–water partition coefficient (Wildman–Crippen LogP) is 4.32. The highest BCUT2D eigenvalue weighted by molar-refractivity contribution is 5.78. The minimum Gasteiger partial charge on any atom is -0.457 e. The highest BCUT2D eigenvalue weighted by Crippen LogP contribution is 2.28. The molecule has 5 rings (SSSR count). The van der Waals surface area contributed by atoms with Crippen LogP contribution in [0.25, 0.3) is 16.8 Å². The van der Waals surface area contributed by atoms with E-state index in [4.69, 9.17) is 9.47 Å². The molecule has 1 aliphatic heterocycles. The molecular formula is C25H27N5O2. The van der Waals surface area contributed by atoms with Crippen LogP contribution in [-0.4, -0.2) is 58.9 Å². The highest BCUT2D eigenvalue weighted by atomic mass is 16.5. The van der Waals surface area contributed by atoms with Crippen LogP contribution in [0.3, 0.4) is 0 Å². The minimum atomic E-state index is 0.798. The van der Waals surface area contributed by atoms with E-state index >= 15 is 0 Å². The average molecular weight is 430 g/mol. The Kier molecular flexibility index (Phi) is 6.28. The number of para-hydroxylation sites is 1. The van der Waals surface area contributed by atoms with Crippen molar-refractivity contribution in [3.05, 3.63) is 73.1 Å². The molecule has 1 N–H and O–H groups in total. The summed E-state index contributed by atoms with van der Waals surface area (Å²) in [5.74, 6) is 2.57. The second-order valence-corrected chi connectivity index (χ2v) is 7.80. The van der Waals surface area contributed by atoms with Gasteiger partial charge in [-0.1, -0.05) is 30.3 Å². The Labute approximate surface area is 187 Å². The first-order valence-corrected chi connectivity index (χ1v) is 11.1. The molecule has 3 heterocycles. The predicted molar refractivity (Wildman–Crippen MR) is 125 cm³/mol. The number of rotatable bonds is 8. The van der Waals surface area contributed by atoms with Crippen LogP contribution < -0.4 is 10.1 Å². The van der Waals surface area contributed by atoms with Crippen LogP contribution in [0, 0.1) is 0 Å². The third-order valence-electron chi connectivity index (χ3n) is 5.61. The lowest BCUT2D eigenvalue weighted by molar-refractivity contribution is 0.0378. The summed E-state index contributed by atoms with van der Waals surface area (Å²) in [5.41, 5.74) is 2.88. The van der Waals surface area contributed by atoms with Gasteiger partial charge in [-0.3, -0.25) is 4.90 Å². The number of anilines is 1. The molecule has 4 aromatic rings. The molecule has 7 nitrogen and oxygen atoms in total. The van der Waals surface area contributed by atoms with Crippen molar-refractivity contribution in [3.63, 3.8) is 0 Å². The van der Waals surface area contributed by atoms with Gasteiger partial charge in [0.15, 0.2) is 5.65 Å². The molecule has 0 radical (unpaired) electrons. The summed E-state index contributed by atoms with van der Waals surface area (Å²) in [4.78, 5) is 7.03. The molecule has 0 atom stereocenters. The van der Waals surface area contributed by atoms with Gasteiger partial charge in [-0.05, 0) is 48.9 Å². The normalized spacial score (nSPS) is 14.5. The first-order chi connectivity index (χ1) is 15.9. The second kappa shape index (κ2) is 9.80. The van der Waals surface area contributed by atoms with E-state index in [-0.39, 0.29) is 0 Å². The lowest BCUT2D eigenvalue weighted by Gasteiger charge is -2.26. The molecule has 164 valence electrons. The molecule has 1 fully saturated rings. The number of ether oxygens (including phenoxy) is 2. The molecule has 0 amide bonds. The van der Waals surface area contributed by atoms with E-state index in [9.17, 15) is 0 Å². The van der Waals surface area contributed by atoms with Gasteiger partial charge in [0.05, 0.1) is 19.4 Å². The summed E-state index contributed by atoms with van der Waals surface area (Å²) in [6.07, 6.45) is 4.77. The smallest absolute Gasteiger partial charge is 0.165 e. The van der Waals surface area contributed by atoms with Crippen LogP contribution in [0.4, 0.5) is 5.82 Å². The van der Waals surface area contributed by atoms with E-state index in [1.54, 1.807) is 0 Å². The average Bonchev–Trinajstić information content (AvgIpc) is 3.29. The van der Waals surface area contributed by atoms with Crippen molar-refractivity contribution in [2.45, 2.75) is 6.42 Å². The molecule has 1 aliphatic rings. The van der Waals surface area contributed by atoms with Gasteiger partial charge >= 0.3 is 0 Å². The van der Waals surface area contributed by atoms with Gasteiger partial charge < -0.3 is 14.8 Å². The number of hydrogen-bond donors (Lipinski definition) is 1. The van der Waals surface area contributed by atoms with E-state index in [1.807, 2.05) is 77.6 Å². The number of hydrogen-bond acceptors (Lipinski definition) is 6. The number of benzene rings is 2. The van der Waals surface area contributed by atoms with E-state index in [0.717, 1.165) is 79.9 Å². The van der Waals surface area contributed by atoms with Gasteiger partial charge in [-0.25, -0.2) is 4.98 Å². The molecular weight excluding hydrogens is 402 g/mol. The van der Waals surface area contributed by atoms with Crippen LogP contribution in [0.5, 0.6) is 11.5 Å². The Hall–Kier alpha value is -3.42. The van der Waals surface area contributed by atoms with Gasteiger partial charge in [0, 0.05) is 31.4 Å². The van der Waals surface area contributed by atoms with Crippen LogP contribution in [-0.2, 0) is 4.74 Å². The van der Waals surface area contributed by atoms with Crippen molar-refractivity contribution >= 4 is 11.5 Å². The van der Waals surface area contributed by atoms with Crippen molar-refractivity contribution in [3.8, 4) is 22.6 Å². The molecule has 0 aliphatic carbocycles.